The second-order valence-corrected chi connectivity index (χ2v) is 9.77. The molecule has 0 saturated carbocycles. The summed E-state index contributed by atoms with van der Waals surface area (Å²) in [5.74, 6) is -0.208. The number of hydrogen-bond acceptors (Lipinski definition) is 4. The van der Waals surface area contributed by atoms with Gasteiger partial charge in [0.1, 0.15) is 5.82 Å². The molecule has 1 amide bonds. The number of hydrogen-bond donors (Lipinski definition) is 0. The average Bonchev–Trinajstić information content (AvgIpc) is 2.98. The molecule has 0 radical (unpaired) electrons. The zero-order valence-corrected chi connectivity index (χ0v) is 15.7. The lowest BCUT2D eigenvalue weighted by molar-refractivity contribution is -0.117. The fraction of sp³-hybridized carbons (Fsp3) is 0.529. The summed E-state index contributed by atoms with van der Waals surface area (Å²) in [6, 6.07) is 6.14. The molecule has 5 nitrogen and oxygen atoms in total. The van der Waals surface area contributed by atoms with Crippen molar-refractivity contribution in [3.05, 3.63) is 35.6 Å². The molecule has 0 spiro atoms. The molecule has 3 rings (SSSR count). The molecule has 136 valence electrons. The fourth-order valence-corrected chi connectivity index (χ4v) is 7.17. The van der Waals surface area contributed by atoms with Crippen LogP contribution in [0, 0.1) is 5.82 Å². The molecule has 1 aromatic carbocycles. The quantitative estimate of drug-likeness (QED) is 0.779. The van der Waals surface area contributed by atoms with Gasteiger partial charge in [0.15, 0.2) is 15.0 Å². The van der Waals surface area contributed by atoms with Gasteiger partial charge in [0.2, 0.25) is 5.91 Å². The first-order valence-corrected chi connectivity index (χ1v) is 11.1. The first kappa shape index (κ1) is 18.4. The van der Waals surface area contributed by atoms with Crippen LogP contribution >= 0.6 is 11.8 Å². The Morgan fingerprint density at radius 2 is 2.04 bits per heavy atom. The van der Waals surface area contributed by atoms with Gasteiger partial charge in [0, 0.05) is 18.2 Å². The van der Waals surface area contributed by atoms with Crippen LogP contribution in [0.3, 0.4) is 0 Å². The molecule has 25 heavy (non-hydrogen) atoms. The van der Waals surface area contributed by atoms with Crippen LogP contribution < -0.4 is 0 Å². The molecule has 0 aromatic heterocycles. The van der Waals surface area contributed by atoms with Crippen molar-refractivity contribution in [3.8, 4) is 0 Å². The standard InChI is InChI=1S/C17H21FN2O3S2/c1-2-3-16(21)19-17-20(9-8-12-4-6-13(18)7-5-12)14-10-25(22,23)11-15(14)24-17/h4-7,14-15H,2-3,8-11H2,1H3/t14-,15+/m0/s1. The summed E-state index contributed by atoms with van der Waals surface area (Å²) in [5, 5.41) is 0.567. The Kier molecular flexibility index (Phi) is 5.48. The van der Waals surface area contributed by atoms with Gasteiger partial charge >= 0.3 is 0 Å². The summed E-state index contributed by atoms with van der Waals surface area (Å²) in [6.07, 6.45) is 1.77. The van der Waals surface area contributed by atoms with Crippen molar-refractivity contribution in [2.45, 2.75) is 37.5 Å². The number of halogens is 1. The van der Waals surface area contributed by atoms with Crippen molar-refractivity contribution < 1.29 is 17.6 Å². The second-order valence-electron chi connectivity index (χ2n) is 6.41. The topological polar surface area (TPSA) is 66.8 Å². The van der Waals surface area contributed by atoms with Crippen molar-refractivity contribution in [2.75, 3.05) is 18.1 Å². The molecule has 1 aromatic rings. The predicted octanol–water partition coefficient (Wildman–Crippen LogP) is 2.27. The smallest absolute Gasteiger partial charge is 0.248 e. The number of amidine groups is 1. The van der Waals surface area contributed by atoms with Gasteiger partial charge in [-0.25, -0.2) is 12.8 Å². The molecule has 2 heterocycles. The molecular formula is C17H21FN2O3S2. The van der Waals surface area contributed by atoms with Gasteiger partial charge in [0.25, 0.3) is 0 Å². The van der Waals surface area contributed by atoms with Gasteiger partial charge < -0.3 is 4.90 Å². The number of rotatable bonds is 5. The molecule has 2 aliphatic rings. The molecule has 2 aliphatic heterocycles. The lowest BCUT2D eigenvalue weighted by Crippen LogP contribution is -2.39. The third-order valence-corrected chi connectivity index (χ3v) is 7.66. The fourth-order valence-electron chi connectivity index (χ4n) is 3.17. The molecule has 8 heteroatoms. The number of sulfone groups is 1. The molecular weight excluding hydrogens is 363 g/mol. The summed E-state index contributed by atoms with van der Waals surface area (Å²) >= 11 is 1.40. The van der Waals surface area contributed by atoms with E-state index in [1.807, 2.05) is 11.8 Å². The van der Waals surface area contributed by atoms with Gasteiger partial charge in [-0.3, -0.25) is 4.79 Å². The van der Waals surface area contributed by atoms with Crippen molar-refractivity contribution in [2.24, 2.45) is 4.99 Å². The van der Waals surface area contributed by atoms with Crippen molar-refractivity contribution in [1.29, 1.82) is 0 Å². The van der Waals surface area contributed by atoms with Gasteiger partial charge in [-0.05, 0) is 30.5 Å². The highest BCUT2D eigenvalue weighted by Crippen LogP contribution is 2.38. The van der Waals surface area contributed by atoms with Crippen LogP contribution in [-0.4, -0.2) is 53.7 Å². The Morgan fingerprint density at radius 1 is 1.32 bits per heavy atom. The molecule has 2 saturated heterocycles. The van der Waals surface area contributed by atoms with Gasteiger partial charge in [-0.2, -0.15) is 4.99 Å². The number of benzene rings is 1. The van der Waals surface area contributed by atoms with E-state index in [4.69, 9.17) is 0 Å². The van der Waals surface area contributed by atoms with Crippen molar-refractivity contribution in [1.82, 2.24) is 4.90 Å². The summed E-state index contributed by atoms with van der Waals surface area (Å²) in [6.45, 7) is 2.49. The maximum atomic E-state index is 13.0. The van der Waals surface area contributed by atoms with Crippen LogP contribution in [0.1, 0.15) is 25.3 Å². The number of aliphatic imine (C=N–C) groups is 1. The van der Waals surface area contributed by atoms with E-state index >= 15 is 0 Å². The first-order valence-electron chi connectivity index (χ1n) is 8.37. The van der Waals surface area contributed by atoms with Crippen molar-refractivity contribution in [3.63, 3.8) is 0 Å². The lowest BCUT2D eigenvalue weighted by Gasteiger charge is -2.24. The summed E-state index contributed by atoms with van der Waals surface area (Å²) in [7, 11) is -3.04. The maximum Gasteiger partial charge on any atom is 0.248 e. The third-order valence-electron chi connectivity index (χ3n) is 4.41. The predicted molar refractivity (Wildman–Crippen MR) is 98.0 cm³/mol. The monoisotopic (exact) mass is 384 g/mol. The molecule has 2 fully saturated rings. The second kappa shape index (κ2) is 7.45. The van der Waals surface area contributed by atoms with E-state index in [-0.39, 0.29) is 34.5 Å². The van der Waals surface area contributed by atoms with Gasteiger partial charge in [-0.15, -0.1) is 0 Å². The Labute approximate surface area is 151 Å². The zero-order valence-electron chi connectivity index (χ0n) is 14.0. The molecule has 2 atom stereocenters. The number of nitrogens with zero attached hydrogens (tertiary/aromatic N) is 2. The summed E-state index contributed by atoms with van der Waals surface area (Å²) in [5.41, 5.74) is 0.968. The third kappa shape index (κ3) is 4.41. The zero-order chi connectivity index (χ0) is 18.0. The molecule has 0 bridgehead atoms. The van der Waals surface area contributed by atoms with Gasteiger partial charge in [-0.1, -0.05) is 30.8 Å². The first-order chi connectivity index (χ1) is 11.9. The minimum atomic E-state index is -3.04. The van der Waals surface area contributed by atoms with E-state index in [1.54, 1.807) is 12.1 Å². The van der Waals surface area contributed by atoms with Crippen LogP contribution in [-0.2, 0) is 21.1 Å². The highest BCUT2D eigenvalue weighted by atomic mass is 32.2. The highest BCUT2D eigenvalue weighted by Gasteiger charge is 2.48. The average molecular weight is 384 g/mol. The summed E-state index contributed by atoms with van der Waals surface area (Å²) < 4.78 is 36.9. The molecule has 0 N–H and O–H groups in total. The van der Waals surface area contributed by atoms with Crippen LogP contribution in [0.2, 0.25) is 0 Å². The highest BCUT2D eigenvalue weighted by molar-refractivity contribution is 8.15. The Hall–Kier alpha value is -1.41. The SMILES string of the molecule is CCCC(=O)N=C1S[C@@H]2CS(=O)(=O)C[C@@H]2N1CCc1ccc(F)cc1. The number of amides is 1. The molecule has 0 aliphatic carbocycles. The minimum Gasteiger partial charge on any atom is -0.346 e. The van der Waals surface area contributed by atoms with E-state index in [0.29, 0.717) is 24.6 Å². The number of thioether (sulfide) groups is 1. The Balaban J connectivity index is 1.77. The number of fused-ring (bicyclic) bond motifs is 1. The molecule has 0 unspecified atom stereocenters. The van der Waals surface area contributed by atoms with E-state index in [0.717, 1.165) is 12.0 Å². The van der Waals surface area contributed by atoms with E-state index in [1.165, 1.54) is 23.9 Å². The van der Waals surface area contributed by atoms with E-state index in [9.17, 15) is 17.6 Å². The number of carbonyl (C=O) groups is 1. The Morgan fingerprint density at radius 3 is 2.72 bits per heavy atom. The van der Waals surface area contributed by atoms with E-state index in [2.05, 4.69) is 4.99 Å². The minimum absolute atomic E-state index is 0.0635. The van der Waals surface area contributed by atoms with E-state index < -0.39 is 9.84 Å². The summed E-state index contributed by atoms with van der Waals surface area (Å²) in [4.78, 5) is 18.1. The van der Waals surface area contributed by atoms with Crippen LogP contribution in [0.4, 0.5) is 4.39 Å². The largest absolute Gasteiger partial charge is 0.346 e. The Bertz CT molecular complexity index is 778. The maximum absolute atomic E-state index is 13.0. The van der Waals surface area contributed by atoms with Gasteiger partial charge in [0.05, 0.1) is 17.5 Å². The van der Waals surface area contributed by atoms with Crippen LogP contribution in [0.15, 0.2) is 29.3 Å². The number of carbonyl (C=O) groups excluding carboxylic acids is 1. The normalized spacial score (nSPS) is 26.2. The van der Waals surface area contributed by atoms with Crippen LogP contribution in [0.5, 0.6) is 0 Å². The van der Waals surface area contributed by atoms with Crippen LogP contribution in [0.25, 0.3) is 0 Å². The lowest BCUT2D eigenvalue weighted by atomic mass is 10.1. The van der Waals surface area contributed by atoms with Crippen molar-refractivity contribution >= 4 is 32.7 Å².